The first kappa shape index (κ1) is 15.9. The minimum atomic E-state index is -3.14. The zero-order chi connectivity index (χ0) is 13.8. The van der Waals surface area contributed by atoms with Crippen LogP contribution in [0.15, 0.2) is 0 Å². The Morgan fingerprint density at radius 2 is 1.83 bits per heavy atom. The van der Waals surface area contributed by atoms with Gasteiger partial charge in [0.15, 0.2) is 0 Å². The minimum absolute atomic E-state index is 0.138. The van der Waals surface area contributed by atoms with Crippen molar-refractivity contribution >= 4 is 10.0 Å². The second kappa shape index (κ2) is 6.87. The molecule has 2 N–H and O–H groups in total. The zero-order valence-corrected chi connectivity index (χ0v) is 12.9. The van der Waals surface area contributed by atoms with Gasteiger partial charge in [-0.05, 0) is 37.1 Å². The molecule has 0 amide bonds. The largest absolute Gasteiger partial charge is 0.313 e. The summed E-state index contributed by atoms with van der Waals surface area (Å²) in [6, 6.07) is 0.138. The number of rotatable bonds is 7. The van der Waals surface area contributed by atoms with Crippen LogP contribution in [0.4, 0.5) is 0 Å². The maximum absolute atomic E-state index is 12.0. The van der Waals surface area contributed by atoms with Gasteiger partial charge >= 0.3 is 0 Å². The summed E-state index contributed by atoms with van der Waals surface area (Å²) < 4.78 is 26.8. The highest BCUT2D eigenvalue weighted by atomic mass is 32.2. The van der Waals surface area contributed by atoms with Gasteiger partial charge in [0.05, 0.1) is 5.75 Å². The fourth-order valence-electron chi connectivity index (χ4n) is 2.69. The van der Waals surface area contributed by atoms with Crippen LogP contribution in [0.2, 0.25) is 0 Å². The SMILES string of the molecule is CC(C)C(CNS(=O)(=O)CC1CCCN1)C(C)C. The van der Waals surface area contributed by atoms with Crippen molar-refractivity contribution in [3.05, 3.63) is 0 Å². The smallest absolute Gasteiger partial charge is 0.213 e. The van der Waals surface area contributed by atoms with Crippen LogP contribution in [0.5, 0.6) is 0 Å². The van der Waals surface area contributed by atoms with E-state index in [2.05, 4.69) is 37.7 Å². The first-order valence-corrected chi connectivity index (χ1v) is 8.67. The molecule has 1 unspecified atom stereocenters. The Bertz CT molecular complexity index is 325. The molecule has 0 aromatic heterocycles. The fourth-order valence-corrected chi connectivity index (χ4v) is 4.07. The topological polar surface area (TPSA) is 58.2 Å². The molecule has 1 aliphatic rings. The van der Waals surface area contributed by atoms with Gasteiger partial charge in [-0.1, -0.05) is 27.7 Å². The third-order valence-electron chi connectivity index (χ3n) is 3.83. The first-order chi connectivity index (χ1) is 8.32. The van der Waals surface area contributed by atoms with Crippen molar-refractivity contribution in [2.24, 2.45) is 17.8 Å². The molecule has 1 rings (SSSR count). The third kappa shape index (κ3) is 5.24. The maximum atomic E-state index is 12.0. The van der Waals surface area contributed by atoms with E-state index in [4.69, 9.17) is 0 Å². The van der Waals surface area contributed by atoms with E-state index in [0.29, 0.717) is 24.3 Å². The third-order valence-corrected chi connectivity index (χ3v) is 5.28. The molecule has 108 valence electrons. The summed E-state index contributed by atoms with van der Waals surface area (Å²) in [4.78, 5) is 0. The Hall–Kier alpha value is -0.130. The molecule has 1 atom stereocenters. The van der Waals surface area contributed by atoms with Gasteiger partial charge in [0.1, 0.15) is 0 Å². The number of sulfonamides is 1. The average Bonchev–Trinajstić information content (AvgIpc) is 2.68. The minimum Gasteiger partial charge on any atom is -0.313 e. The molecule has 0 aromatic rings. The van der Waals surface area contributed by atoms with E-state index in [9.17, 15) is 8.42 Å². The van der Waals surface area contributed by atoms with E-state index in [1.54, 1.807) is 0 Å². The molecule has 0 aliphatic carbocycles. The molecule has 5 heteroatoms. The quantitative estimate of drug-likeness (QED) is 0.742. The van der Waals surface area contributed by atoms with Crippen molar-refractivity contribution in [1.29, 1.82) is 0 Å². The molecule has 0 aromatic carbocycles. The number of nitrogens with one attached hydrogen (secondary N) is 2. The van der Waals surface area contributed by atoms with E-state index in [-0.39, 0.29) is 11.8 Å². The van der Waals surface area contributed by atoms with Crippen molar-refractivity contribution < 1.29 is 8.42 Å². The highest BCUT2D eigenvalue weighted by molar-refractivity contribution is 7.89. The van der Waals surface area contributed by atoms with E-state index in [0.717, 1.165) is 19.4 Å². The summed E-state index contributed by atoms with van der Waals surface area (Å²) in [6.07, 6.45) is 2.06. The average molecular weight is 276 g/mol. The molecular weight excluding hydrogens is 248 g/mol. The van der Waals surface area contributed by atoms with Crippen LogP contribution in [0.1, 0.15) is 40.5 Å². The molecule has 18 heavy (non-hydrogen) atoms. The second-order valence-corrected chi connectivity index (χ2v) is 7.93. The Balaban J connectivity index is 2.44. The van der Waals surface area contributed by atoms with E-state index >= 15 is 0 Å². The van der Waals surface area contributed by atoms with Crippen molar-refractivity contribution in [3.8, 4) is 0 Å². The van der Waals surface area contributed by atoms with Gasteiger partial charge < -0.3 is 5.32 Å². The highest BCUT2D eigenvalue weighted by Gasteiger charge is 2.24. The Labute approximate surface area is 112 Å². The molecule has 1 fully saturated rings. The number of hydrogen-bond acceptors (Lipinski definition) is 3. The van der Waals surface area contributed by atoms with E-state index in [1.807, 2.05) is 0 Å². The molecule has 0 spiro atoms. The summed E-state index contributed by atoms with van der Waals surface area (Å²) >= 11 is 0. The zero-order valence-electron chi connectivity index (χ0n) is 12.1. The summed E-state index contributed by atoms with van der Waals surface area (Å²) in [5.41, 5.74) is 0. The summed E-state index contributed by atoms with van der Waals surface area (Å²) in [5.74, 6) is 1.61. The molecule has 0 radical (unpaired) electrons. The van der Waals surface area contributed by atoms with Gasteiger partial charge in [-0.25, -0.2) is 13.1 Å². The van der Waals surface area contributed by atoms with Crippen molar-refractivity contribution in [2.75, 3.05) is 18.8 Å². The van der Waals surface area contributed by atoms with Gasteiger partial charge in [0.2, 0.25) is 10.0 Å². The molecule has 1 saturated heterocycles. The predicted molar refractivity (Wildman–Crippen MR) is 76.0 cm³/mol. The monoisotopic (exact) mass is 276 g/mol. The van der Waals surface area contributed by atoms with Crippen LogP contribution in [0.25, 0.3) is 0 Å². The molecule has 0 bridgehead atoms. The summed E-state index contributed by atoms with van der Waals surface area (Å²) in [5, 5.41) is 3.23. The van der Waals surface area contributed by atoms with Gasteiger partial charge in [0.25, 0.3) is 0 Å². The summed E-state index contributed by atoms with van der Waals surface area (Å²) in [6.45, 7) is 10.1. The van der Waals surface area contributed by atoms with Gasteiger partial charge in [-0.15, -0.1) is 0 Å². The van der Waals surface area contributed by atoms with Gasteiger partial charge in [0, 0.05) is 12.6 Å². The van der Waals surface area contributed by atoms with Crippen LogP contribution in [0.3, 0.4) is 0 Å². The van der Waals surface area contributed by atoms with Crippen LogP contribution in [-0.2, 0) is 10.0 Å². The Morgan fingerprint density at radius 3 is 2.28 bits per heavy atom. The molecule has 1 aliphatic heterocycles. The Morgan fingerprint density at radius 1 is 1.22 bits per heavy atom. The van der Waals surface area contributed by atoms with Gasteiger partial charge in [-0.3, -0.25) is 0 Å². The highest BCUT2D eigenvalue weighted by Crippen LogP contribution is 2.19. The van der Waals surface area contributed by atoms with Crippen LogP contribution in [0, 0.1) is 17.8 Å². The fraction of sp³-hybridized carbons (Fsp3) is 1.00. The van der Waals surface area contributed by atoms with Gasteiger partial charge in [-0.2, -0.15) is 0 Å². The van der Waals surface area contributed by atoms with Crippen molar-refractivity contribution in [1.82, 2.24) is 10.0 Å². The van der Waals surface area contributed by atoms with E-state index < -0.39 is 10.0 Å². The Kier molecular flexibility index (Phi) is 6.08. The van der Waals surface area contributed by atoms with Crippen LogP contribution < -0.4 is 10.0 Å². The molecular formula is C13H28N2O2S. The molecule has 1 heterocycles. The number of hydrogen-bond donors (Lipinski definition) is 2. The lowest BCUT2D eigenvalue weighted by Gasteiger charge is -2.25. The lowest BCUT2D eigenvalue weighted by Crippen LogP contribution is -2.40. The lowest BCUT2D eigenvalue weighted by atomic mass is 9.86. The van der Waals surface area contributed by atoms with Crippen LogP contribution >= 0.6 is 0 Å². The van der Waals surface area contributed by atoms with Crippen molar-refractivity contribution in [2.45, 2.75) is 46.6 Å². The molecule has 4 nitrogen and oxygen atoms in total. The lowest BCUT2D eigenvalue weighted by molar-refractivity contribution is 0.289. The molecule has 0 saturated carbocycles. The predicted octanol–water partition coefficient (Wildman–Crippen LogP) is 1.59. The second-order valence-electron chi connectivity index (χ2n) is 6.08. The van der Waals surface area contributed by atoms with Crippen LogP contribution in [-0.4, -0.2) is 33.3 Å². The maximum Gasteiger partial charge on any atom is 0.213 e. The normalized spacial score (nSPS) is 21.4. The first-order valence-electron chi connectivity index (χ1n) is 7.02. The standard InChI is InChI=1S/C13H28N2O2S/c1-10(2)13(11(3)4)8-15-18(16,17)9-12-6-5-7-14-12/h10-15H,5-9H2,1-4H3. The van der Waals surface area contributed by atoms with E-state index in [1.165, 1.54) is 0 Å². The van der Waals surface area contributed by atoms with Crippen molar-refractivity contribution in [3.63, 3.8) is 0 Å². The summed E-state index contributed by atoms with van der Waals surface area (Å²) in [7, 11) is -3.14.